The topological polar surface area (TPSA) is 86.2 Å². The molecule has 0 saturated heterocycles. The van der Waals surface area contributed by atoms with Crippen LogP contribution in [0.3, 0.4) is 0 Å². The van der Waals surface area contributed by atoms with Gasteiger partial charge in [0.1, 0.15) is 0 Å². The molecule has 2 aromatic carbocycles. The summed E-state index contributed by atoms with van der Waals surface area (Å²) < 4.78 is 0. The Morgan fingerprint density at radius 1 is 1.08 bits per heavy atom. The first kappa shape index (κ1) is 16.1. The second-order valence-corrected chi connectivity index (χ2v) is 6.37. The third kappa shape index (κ3) is 2.99. The molecule has 0 saturated carbocycles. The molecule has 0 spiro atoms. The molecule has 0 aliphatic carbocycles. The predicted molar refractivity (Wildman–Crippen MR) is 101 cm³/mol. The van der Waals surface area contributed by atoms with Gasteiger partial charge in [-0.2, -0.15) is 0 Å². The number of carboxylic acids is 1. The number of hydrogen-bond donors (Lipinski definition) is 3. The minimum atomic E-state index is -0.786. The van der Waals surface area contributed by atoms with Crippen LogP contribution in [0.15, 0.2) is 54.6 Å². The number of aromatic hydroxyl groups is 1. The van der Waals surface area contributed by atoms with Crippen molar-refractivity contribution in [1.82, 2.24) is 9.97 Å². The monoisotopic (exact) mass is 346 g/mol. The van der Waals surface area contributed by atoms with Gasteiger partial charge in [-0.3, -0.25) is 4.79 Å². The Morgan fingerprint density at radius 3 is 2.77 bits per heavy atom. The summed E-state index contributed by atoms with van der Waals surface area (Å²) in [5.74, 6) is -0.697. The van der Waals surface area contributed by atoms with E-state index in [9.17, 15) is 9.90 Å². The number of aromatic amines is 1. The number of para-hydroxylation sites is 1. The molecule has 26 heavy (non-hydrogen) atoms. The van der Waals surface area contributed by atoms with Gasteiger partial charge in [0.05, 0.1) is 16.8 Å². The van der Waals surface area contributed by atoms with Crippen molar-refractivity contribution in [3.05, 3.63) is 60.2 Å². The summed E-state index contributed by atoms with van der Waals surface area (Å²) >= 11 is 0. The minimum absolute atomic E-state index is 0.0884. The van der Waals surface area contributed by atoms with E-state index < -0.39 is 5.97 Å². The number of aliphatic carboxylic acids is 1. The maximum atomic E-state index is 10.7. The number of aromatic nitrogens is 2. The van der Waals surface area contributed by atoms with E-state index in [-0.39, 0.29) is 12.3 Å². The van der Waals surface area contributed by atoms with Crippen LogP contribution < -0.4 is 0 Å². The minimum Gasteiger partial charge on any atom is -0.494 e. The van der Waals surface area contributed by atoms with Crippen LogP contribution in [0.2, 0.25) is 0 Å². The maximum absolute atomic E-state index is 10.7. The normalized spacial score (nSPS) is 11.2. The van der Waals surface area contributed by atoms with Crippen LogP contribution >= 0.6 is 0 Å². The van der Waals surface area contributed by atoms with Gasteiger partial charge in [-0.1, -0.05) is 30.3 Å². The Labute approximate surface area is 149 Å². The highest BCUT2D eigenvalue weighted by molar-refractivity contribution is 5.99. The highest BCUT2D eigenvalue weighted by Gasteiger charge is 2.15. The molecule has 0 unspecified atom stereocenters. The van der Waals surface area contributed by atoms with Gasteiger partial charge in [-0.25, -0.2) is 4.98 Å². The van der Waals surface area contributed by atoms with E-state index in [0.29, 0.717) is 24.1 Å². The number of pyridine rings is 1. The molecule has 0 fully saturated rings. The first-order valence-corrected chi connectivity index (χ1v) is 8.53. The lowest BCUT2D eigenvalue weighted by Crippen LogP contribution is -1.95. The Morgan fingerprint density at radius 2 is 1.92 bits per heavy atom. The number of benzene rings is 2. The van der Waals surface area contributed by atoms with Gasteiger partial charge in [-0.05, 0) is 42.7 Å². The average Bonchev–Trinajstić information content (AvgIpc) is 2.96. The van der Waals surface area contributed by atoms with Crippen molar-refractivity contribution < 1.29 is 15.0 Å². The van der Waals surface area contributed by atoms with E-state index in [4.69, 9.17) is 5.11 Å². The van der Waals surface area contributed by atoms with Crippen molar-refractivity contribution in [2.24, 2.45) is 0 Å². The lowest BCUT2D eigenvalue weighted by atomic mass is 10.0. The largest absolute Gasteiger partial charge is 0.494 e. The number of H-pyrrole nitrogens is 1. The first-order valence-electron chi connectivity index (χ1n) is 8.53. The van der Waals surface area contributed by atoms with E-state index in [2.05, 4.69) is 9.97 Å². The lowest BCUT2D eigenvalue weighted by Gasteiger charge is -2.04. The highest BCUT2D eigenvalue weighted by atomic mass is 16.4. The molecule has 0 radical (unpaired) electrons. The highest BCUT2D eigenvalue weighted by Crippen LogP contribution is 2.36. The molecule has 5 heteroatoms. The van der Waals surface area contributed by atoms with Crippen LogP contribution in [0.5, 0.6) is 5.88 Å². The average molecular weight is 346 g/mol. The van der Waals surface area contributed by atoms with Crippen molar-refractivity contribution in [2.45, 2.75) is 19.3 Å². The summed E-state index contributed by atoms with van der Waals surface area (Å²) in [5, 5.41) is 21.2. The van der Waals surface area contributed by atoms with Crippen LogP contribution in [0.4, 0.5) is 0 Å². The Kier molecular flexibility index (Phi) is 4.05. The number of nitrogens with one attached hydrogen (secondary N) is 1. The van der Waals surface area contributed by atoms with Gasteiger partial charge in [-0.15, -0.1) is 0 Å². The smallest absolute Gasteiger partial charge is 0.303 e. The van der Waals surface area contributed by atoms with Crippen LogP contribution in [-0.4, -0.2) is 26.2 Å². The Hall–Kier alpha value is -3.34. The molecule has 5 nitrogen and oxygen atoms in total. The van der Waals surface area contributed by atoms with Crippen molar-refractivity contribution in [1.29, 1.82) is 0 Å². The number of hydrogen-bond acceptors (Lipinski definition) is 3. The van der Waals surface area contributed by atoms with E-state index in [0.717, 1.165) is 27.4 Å². The molecule has 0 aliphatic rings. The molecule has 2 aromatic heterocycles. The summed E-state index contributed by atoms with van der Waals surface area (Å²) in [4.78, 5) is 18.4. The Bertz CT molecular complexity index is 1110. The second-order valence-electron chi connectivity index (χ2n) is 6.37. The van der Waals surface area contributed by atoms with Gasteiger partial charge in [0, 0.05) is 22.7 Å². The van der Waals surface area contributed by atoms with Gasteiger partial charge in [0.15, 0.2) is 5.88 Å². The second kappa shape index (κ2) is 6.52. The lowest BCUT2D eigenvalue weighted by molar-refractivity contribution is -0.137. The van der Waals surface area contributed by atoms with E-state index >= 15 is 0 Å². The molecule has 2 heterocycles. The summed E-state index contributed by atoms with van der Waals surface area (Å²) in [5.41, 5.74) is 4.12. The number of rotatable bonds is 5. The van der Waals surface area contributed by atoms with E-state index in [1.54, 1.807) is 0 Å². The summed E-state index contributed by atoms with van der Waals surface area (Å²) in [7, 11) is 0. The fourth-order valence-electron chi connectivity index (χ4n) is 3.29. The number of nitrogens with zero attached hydrogens (tertiary/aromatic N) is 1. The van der Waals surface area contributed by atoms with Gasteiger partial charge >= 0.3 is 5.97 Å². The fourth-order valence-corrected chi connectivity index (χ4v) is 3.29. The molecule has 0 bridgehead atoms. The van der Waals surface area contributed by atoms with Crippen LogP contribution in [0, 0.1) is 0 Å². The maximum Gasteiger partial charge on any atom is 0.303 e. The van der Waals surface area contributed by atoms with E-state index in [1.807, 2.05) is 54.6 Å². The molecule has 4 aromatic rings. The zero-order chi connectivity index (χ0) is 18.1. The quantitative estimate of drug-likeness (QED) is 0.497. The SMILES string of the molecule is O=C(O)CCCc1ccc2[nH]c(O)c(-c3ccc4ccccc4n3)c2c1. The molecule has 130 valence electrons. The molecular weight excluding hydrogens is 328 g/mol. The molecule has 0 aliphatic heterocycles. The van der Waals surface area contributed by atoms with Crippen molar-refractivity contribution in [2.75, 3.05) is 0 Å². The zero-order valence-corrected chi connectivity index (χ0v) is 14.1. The van der Waals surface area contributed by atoms with Crippen LogP contribution in [0.25, 0.3) is 33.1 Å². The zero-order valence-electron chi connectivity index (χ0n) is 14.1. The predicted octanol–water partition coefficient (Wildman–Crippen LogP) is 4.50. The van der Waals surface area contributed by atoms with Crippen molar-refractivity contribution in [3.8, 4) is 17.1 Å². The summed E-state index contributed by atoms with van der Waals surface area (Å²) in [6.07, 6.45) is 1.41. The molecule has 4 rings (SSSR count). The summed E-state index contributed by atoms with van der Waals surface area (Å²) in [6.45, 7) is 0. The Balaban J connectivity index is 1.77. The fraction of sp³-hybridized carbons (Fsp3) is 0.143. The number of fused-ring (bicyclic) bond motifs is 2. The van der Waals surface area contributed by atoms with Crippen LogP contribution in [0.1, 0.15) is 18.4 Å². The van der Waals surface area contributed by atoms with Crippen molar-refractivity contribution in [3.63, 3.8) is 0 Å². The molecule has 0 atom stereocenters. The number of carbonyl (C=O) groups is 1. The third-order valence-corrected chi connectivity index (χ3v) is 4.55. The first-order chi connectivity index (χ1) is 12.6. The molecule has 3 N–H and O–H groups in total. The molecule has 0 amide bonds. The summed E-state index contributed by atoms with van der Waals surface area (Å²) in [6, 6.07) is 17.6. The van der Waals surface area contributed by atoms with Gasteiger partial charge < -0.3 is 15.2 Å². The van der Waals surface area contributed by atoms with Crippen molar-refractivity contribution >= 4 is 27.8 Å². The molecular formula is C21H18N2O3. The van der Waals surface area contributed by atoms with Crippen LogP contribution in [-0.2, 0) is 11.2 Å². The van der Waals surface area contributed by atoms with Gasteiger partial charge in [0.2, 0.25) is 0 Å². The number of aryl methyl sites for hydroxylation is 1. The van der Waals surface area contributed by atoms with Gasteiger partial charge in [0.25, 0.3) is 0 Å². The van der Waals surface area contributed by atoms with E-state index in [1.165, 1.54) is 0 Å². The third-order valence-electron chi connectivity index (χ3n) is 4.55. The number of carboxylic acid groups (broad SMARTS) is 1. The standard InChI is InChI=1S/C21H18N2O3/c24-19(25)7-3-4-13-8-10-17-15(12-13)20(21(26)23-17)18-11-9-14-5-1-2-6-16(14)22-18/h1-2,5-6,8-12,23,26H,3-4,7H2,(H,24,25).